The first-order chi connectivity index (χ1) is 10.1. The van der Waals surface area contributed by atoms with Crippen LogP contribution >= 0.6 is 0 Å². The Balaban J connectivity index is 3.83. The van der Waals surface area contributed by atoms with Gasteiger partial charge in [-0.15, -0.1) is 0 Å². The lowest BCUT2D eigenvalue weighted by Crippen LogP contribution is -2.46. The normalized spacial score (nSPS) is 13.5. The highest BCUT2D eigenvalue weighted by atomic mass is 32.2. The van der Waals surface area contributed by atoms with E-state index in [4.69, 9.17) is 4.74 Å². The SMILES string of the molecule is CCCCCCCOCCCCC(F)(F)C(F)(F)S(=O)(=O)[O-]. The molecule has 0 saturated carbocycles. The van der Waals surface area contributed by atoms with Crippen molar-refractivity contribution in [3.05, 3.63) is 0 Å². The molecule has 0 aromatic heterocycles. The number of hydrogen-bond acceptors (Lipinski definition) is 4. The van der Waals surface area contributed by atoms with Crippen molar-refractivity contribution in [3.8, 4) is 0 Å². The molecule has 0 spiro atoms. The first-order valence-electron chi connectivity index (χ1n) is 7.35. The Morgan fingerprint density at radius 3 is 1.91 bits per heavy atom. The fourth-order valence-corrected chi connectivity index (χ4v) is 2.26. The lowest BCUT2D eigenvalue weighted by atomic mass is 10.1. The smallest absolute Gasteiger partial charge is 0.396 e. The summed E-state index contributed by atoms with van der Waals surface area (Å²) in [5.41, 5.74) is 0. The zero-order chi connectivity index (χ0) is 17.3. The molecule has 0 unspecified atom stereocenters. The molecule has 0 rings (SSSR count). The van der Waals surface area contributed by atoms with Gasteiger partial charge >= 0.3 is 11.2 Å². The minimum atomic E-state index is -6.39. The quantitative estimate of drug-likeness (QED) is 0.287. The van der Waals surface area contributed by atoms with Gasteiger partial charge in [-0.2, -0.15) is 17.6 Å². The topological polar surface area (TPSA) is 66.4 Å². The summed E-state index contributed by atoms with van der Waals surface area (Å²) in [7, 11) is -6.39. The monoisotopic (exact) mass is 351 g/mol. The van der Waals surface area contributed by atoms with E-state index in [2.05, 4.69) is 6.92 Å². The molecule has 0 amide bonds. The summed E-state index contributed by atoms with van der Waals surface area (Å²) >= 11 is 0. The van der Waals surface area contributed by atoms with Crippen LogP contribution in [-0.2, 0) is 14.9 Å². The number of halogens is 4. The summed E-state index contributed by atoms with van der Waals surface area (Å²) in [4.78, 5) is 0. The molecule has 0 heterocycles. The van der Waals surface area contributed by atoms with Crippen LogP contribution in [-0.4, -0.2) is 37.4 Å². The van der Waals surface area contributed by atoms with Crippen LogP contribution in [0.4, 0.5) is 17.6 Å². The van der Waals surface area contributed by atoms with Gasteiger partial charge in [-0.1, -0.05) is 32.6 Å². The highest BCUT2D eigenvalue weighted by Gasteiger charge is 2.60. The Hall–Kier alpha value is -0.410. The molecular formula is C13H23F4O4S-. The number of alkyl halides is 4. The van der Waals surface area contributed by atoms with Gasteiger partial charge in [-0.3, -0.25) is 0 Å². The molecule has 22 heavy (non-hydrogen) atoms. The van der Waals surface area contributed by atoms with Gasteiger partial charge in [0, 0.05) is 19.6 Å². The zero-order valence-corrected chi connectivity index (χ0v) is 13.4. The van der Waals surface area contributed by atoms with Gasteiger partial charge in [0.2, 0.25) is 0 Å². The second-order valence-electron chi connectivity index (χ2n) is 5.16. The van der Waals surface area contributed by atoms with E-state index in [1.54, 1.807) is 0 Å². The number of ether oxygens (including phenoxy) is 1. The van der Waals surface area contributed by atoms with Crippen LogP contribution in [0, 0.1) is 0 Å². The largest absolute Gasteiger partial charge is 0.743 e. The van der Waals surface area contributed by atoms with Crippen LogP contribution in [0.25, 0.3) is 0 Å². The van der Waals surface area contributed by atoms with E-state index < -0.39 is 27.7 Å². The van der Waals surface area contributed by atoms with Gasteiger partial charge in [0.1, 0.15) is 0 Å². The summed E-state index contributed by atoms with van der Waals surface area (Å²) in [5, 5.41) is -5.58. The highest BCUT2D eigenvalue weighted by Crippen LogP contribution is 2.41. The molecule has 0 aliphatic heterocycles. The van der Waals surface area contributed by atoms with Gasteiger partial charge in [-0.05, 0) is 19.3 Å². The molecule has 0 aromatic rings. The molecule has 0 aliphatic carbocycles. The third-order valence-corrected chi connectivity index (χ3v) is 4.09. The molecule has 0 aromatic carbocycles. The summed E-state index contributed by atoms with van der Waals surface area (Å²) in [6, 6.07) is 0. The van der Waals surface area contributed by atoms with Crippen molar-refractivity contribution in [1.82, 2.24) is 0 Å². The van der Waals surface area contributed by atoms with Crippen molar-refractivity contribution in [2.24, 2.45) is 0 Å². The fraction of sp³-hybridized carbons (Fsp3) is 1.00. The average Bonchev–Trinajstić information content (AvgIpc) is 2.39. The van der Waals surface area contributed by atoms with Gasteiger partial charge < -0.3 is 9.29 Å². The molecule has 0 saturated heterocycles. The van der Waals surface area contributed by atoms with E-state index in [-0.39, 0.29) is 19.4 Å². The second kappa shape index (κ2) is 9.67. The van der Waals surface area contributed by atoms with Crippen molar-refractivity contribution in [1.29, 1.82) is 0 Å². The standard InChI is InChI=1S/C13H24F4O4S/c1-2-3-4-5-7-10-21-11-8-6-9-12(14,15)13(16,17)22(18,19)20/h2-11H2,1H3,(H,18,19,20)/p-1. The van der Waals surface area contributed by atoms with Crippen molar-refractivity contribution < 1.29 is 35.3 Å². The van der Waals surface area contributed by atoms with Crippen LogP contribution in [0.3, 0.4) is 0 Å². The second-order valence-corrected chi connectivity index (χ2v) is 6.58. The van der Waals surface area contributed by atoms with E-state index in [1.165, 1.54) is 0 Å². The van der Waals surface area contributed by atoms with Crippen molar-refractivity contribution in [2.75, 3.05) is 13.2 Å². The molecule has 9 heteroatoms. The molecule has 0 aliphatic rings. The van der Waals surface area contributed by atoms with Crippen LogP contribution < -0.4 is 0 Å². The Kier molecular flexibility index (Phi) is 9.49. The van der Waals surface area contributed by atoms with Crippen LogP contribution in [0.5, 0.6) is 0 Å². The van der Waals surface area contributed by atoms with Gasteiger partial charge in [0.15, 0.2) is 10.1 Å². The molecule has 0 bridgehead atoms. The summed E-state index contributed by atoms with van der Waals surface area (Å²) in [5.74, 6) is -4.87. The summed E-state index contributed by atoms with van der Waals surface area (Å²) in [6.07, 6.45) is 3.60. The Bertz CT molecular complexity index is 399. The van der Waals surface area contributed by atoms with Crippen molar-refractivity contribution >= 4 is 10.1 Å². The molecule has 0 atom stereocenters. The maximum absolute atomic E-state index is 13.1. The maximum atomic E-state index is 13.1. The third-order valence-electron chi connectivity index (χ3n) is 3.16. The van der Waals surface area contributed by atoms with Crippen LogP contribution in [0.2, 0.25) is 0 Å². The van der Waals surface area contributed by atoms with E-state index in [9.17, 15) is 30.5 Å². The third kappa shape index (κ3) is 7.23. The lowest BCUT2D eigenvalue weighted by Gasteiger charge is -2.28. The molecular weight excluding hydrogens is 328 g/mol. The fourth-order valence-electron chi connectivity index (χ4n) is 1.79. The van der Waals surface area contributed by atoms with Gasteiger partial charge in [0.05, 0.1) is 0 Å². The van der Waals surface area contributed by atoms with Crippen LogP contribution in [0.1, 0.15) is 58.3 Å². The van der Waals surface area contributed by atoms with Crippen molar-refractivity contribution in [2.45, 2.75) is 69.5 Å². The minimum Gasteiger partial charge on any atom is -0.743 e. The maximum Gasteiger partial charge on any atom is 0.396 e. The highest BCUT2D eigenvalue weighted by molar-refractivity contribution is 7.86. The summed E-state index contributed by atoms with van der Waals surface area (Å²) in [6.45, 7) is 2.71. The first-order valence-corrected chi connectivity index (χ1v) is 8.76. The predicted octanol–water partition coefficient (Wildman–Crippen LogP) is 3.92. The Labute approximate surface area is 129 Å². The van der Waals surface area contributed by atoms with Gasteiger partial charge in [-0.25, -0.2) is 8.42 Å². The predicted molar refractivity (Wildman–Crippen MR) is 73.0 cm³/mol. The van der Waals surface area contributed by atoms with Gasteiger partial charge in [0.25, 0.3) is 0 Å². The van der Waals surface area contributed by atoms with E-state index in [1.807, 2.05) is 0 Å². The number of unbranched alkanes of at least 4 members (excludes halogenated alkanes) is 5. The molecule has 0 fully saturated rings. The van der Waals surface area contributed by atoms with E-state index in [0.29, 0.717) is 6.61 Å². The Morgan fingerprint density at radius 2 is 1.41 bits per heavy atom. The molecule has 4 nitrogen and oxygen atoms in total. The molecule has 134 valence electrons. The minimum absolute atomic E-state index is 0.0968. The Morgan fingerprint density at radius 1 is 0.909 bits per heavy atom. The number of rotatable bonds is 13. The zero-order valence-electron chi connectivity index (χ0n) is 12.6. The first kappa shape index (κ1) is 21.6. The van der Waals surface area contributed by atoms with Crippen molar-refractivity contribution in [3.63, 3.8) is 0 Å². The summed E-state index contributed by atoms with van der Waals surface area (Å²) < 4.78 is 87.4. The van der Waals surface area contributed by atoms with Crippen LogP contribution in [0.15, 0.2) is 0 Å². The lowest BCUT2D eigenvalue weighted by molar-refractivity contribution is -0.165. The average molecular weight is 351 g/mol. The van der Waals surface area contributed by atoms with E-state index >= 15 is 0 Å². The molecule has 0 radical (unpaired) electrons. The van der Waals surface area contributed by atoms with E-state index in [0.717, 1.165) is 32.1 Å². The molecule has 0 N–H and O–H groups in total. The number of hydrogen-bond donors (Lipinski definition) is 0.